The number of hydrogen-bond donors (Lipinski definition) is 2. The third kappa shape index (κ3) is 3.35. The molecule has 3 fully saturated rings. The smallest absolute Gasteiger partial charge is 0.306 e. The van der Waals surface area contributed by atoms with Crippen LogP contribution in [0.2, 0.25) is 0 Å². The largest absolute Gasteiger partial charge is 0.481 e. The number of aromatic nitrogens is 1. The highest BCUT2D eigenvalue weighted by atomic mass is 16.4. The molecule has 2 heterocycles. The molecule has 0 spiro atoms. The van der Waals surface area contributed by atoms with Crippen molar-refractivity contribution in [3.05, 3.63) is 47.8 Å². The lowest BCUT2D eigenvalue weighted by atomic mass is 9.46. The van der Waals surface area contributed by atoms with Gasteiger partial charge < -0.3 is 10.4 Å². The Hall–Kier alpha value is -1.94. The van der Waals surface area contributed by atoms with Gasteiger partial charge in [0.05, 0.1) is 5.92 Å². The fourth-order valence-corrected chi connectivity index (χ4v) is 9.28. The van der Waals surface area contributed by atoms with Gasteiger partial charge in [-0.2, -0.15) is 0 Å². The lowest BCUT2D eigenvalue weighted by molar-refractivity contribution is -0.145. The zero-order valence-electron chi connectivity index (χ0n) is 20.8. The number of pyridine rings is 1. The second kappa shape index (κ2) is 8.33. The van der Waals surface area contributed by atoms with Crippen LogP contribution in [-0.2, 0) is 4.79 Å². The van der Waals surface area contributed by atoms with Crippen molar-refractivity contribution in [2.75, 3.05) is 13.1 Å². The Morgan fingerprint density at radius 1 is 1.06 bits per heavy atom. The van der Waals surface area contributed by atoms with Crippen LogP contribution in [0.15, 0.2) is 42.3 Å². The highest BCUT2D eigenvalue weighted by molar-refractivity contribution is 5.72. The molecule has 2 saturated carbocycles. The van der Waals surface area contributed by atoms with Gasteiger partial charge in [0.15, 0.2) is 0 Å². The first-order valence-corrected chi connectivity index (χ1v) is 13.7. The molecule has 4 aliphatic carbocycles. The van der Waals surface area contributed by atoms with Crippen LogP contribution in [0.1, 0.15) is 70.8 Å². The van der Waals surface area contributed by atoms with Gasteiger partial charge in [-0.25, -0.2) is 0 Å². The van der Waals surface area contributed by atoms with Crippen LogP contribution in [0.4, 0.5) is 0 Å². The molecule has 34 heavy (non-hydrogen) atoms. The Morgan fingerprint density at radius 2 is 1.91 bits per heavy atom. The Kier molecular flexibility index (Phi) is 5.51. The van der Waals surface area contributed by atoms with Crippen LogP contribution in [0.25, 0.3) is 5.57 Å². The monoisotopic (exact) mass is 460 g/mol. The summed E-state index contributed by atoms with van der Waals surface area (Å²) in [4.78, 5) is 16.4. The van der Waals surface area contributed by atoms with Gasteiger partial charge >= 0.3 is 5.97 Å². The molecule has 2 unspecified atom stereocenters. The number of allylic oxidation sites excluding steroid dienone is 4. The van der Waals surface area contributed by atoms with E-state index in [1.807, 2.05) is 6.20 Å². The zero-order chi connectivity index (χ0) is 23.5. The SMILES string of the molecule is C[C@]12CC[C@H](C3CNCCC3C(=O)O)CC1=CC[C@@H]1[C@@H]2CC[C@]2(C)C(c3cccnc3)=CC[C@@H]12. The average Bonchev–Trinajstić information content (AvgIpc) is 3.21. The van der Waals surface area contributed by atoms with Gasteiger partial charge in [-0.3, -0.25) is 9.78 Å². The van der Waals surface area contributed by atoms with Crippen LogP contribution in [0.3, 0.4) is 0 Å². The molecule has 1 aromatic rings. The normalized spacial score (nSPS) is 43.7. The van der Waals surface area contributed by atoms with Crippen molar-refractivity contribution >= 4 is 11.5 Å². The maximum atomic E-state index is 12.0. The molecule has 5 aliphatic rings. The first-order valence-electron chi connectivity index (χ1n) is 13.7. The molecule has 0 bridgehead atoms. The minimum absolute atomic E-state index is 0.168. The van der Waals surface area contributed by atoms with E-state index in [1.165, 1.54) is 49.7 Å². The van der Waals surface area contributed by atoms with E-state index < -0.39 is 5.97 Å². The highest BCUT2D eigenvalue weighted by Crippen LogP contribution is 2.66. The molecule has 4 heteroatoms. The van der Waals surface area contributed by atoms with E-state index in [0.29, 0.717) is 11.3 Å². The van der Waals surface area contributed by atoms with Crippen LogP contribution >= 0.6 is 0 Å². The number of fused-ring (bicyclic) bond motifs is 5. The van der Waals surface area contributed by atoms with Gasteiger partial charge in [0, 0.05) is 12.4 Å². The second-order valence-electron chi connectivity index (χ2n) is 12.4. The van der Waals surface area contributed by atoms with E-state index in [2.05, 4.69) is 54.6 Å². The number of nitrogens with one attached hydrogen (secondary N) is 1. The summed E-state index contributed by atoms with van der Waals surface area (Å²) in [5, 5.41) is 13.3. The van der Waals surface area contributed by atoms with Crippen LogP contribution in [0.5, 0.6) is 0 Å². The van der Waals surface area contributed by atoms with Crippen molar-refractivity contribution < 1.29 is 9.90 Å². The predicted molar refractivity (Wildman–Crippen MR) is 135 cm³/mol. The molecule has 8 atom stereocenters. The standard InChI is InChI=1S/C30H40N2O2/c1-29-12-9-19(24-18-32-15-11-22(24)28(33)34)16-21(29)5-6-23-26-8-7-25(20-4-3-14-31-17-20)30(26,2)13-10-27(23)29/h3-5,7,14,17,19,22-24,26-27,32H,6,8-13,15-16,18H2,1-2H3,(H,33,34)/t19-,22?,23-,24?,26-,27-,29-,30+/m0/s1. The molecular weight excluding hydrogens is 420 g/mol. The molecule has 1 aromatic heterocycles. The number of carbonyl (C=O) groups is 1. The topological polar surface area (TPSA) is 62.2 Å². The van der Waals surface area contributed by atoms with Gasteiger partial charge in [0.25, 0.3) is 0 Å². The van der Waals surface area contributed by atoms with Crippen LogP contribution in [-0.4, -0.2) is 29.1 Å². The van der Waals surface area contributed by atoms with Gasteiger partial charge in [-0.1, -0.05) is 37.6 Å². The minimum atomic E-state index is -0.581. The van der Waals surface area contributed by atoms with E-state index in [0.717, 1.165) is 43.7 Å². The number of carboxylic acids is 1. The molecule has 2 N–H and O–H groups in total. The summed E-state index contributed by atoms with van der Waals surface area (Å²) in [6.45, 7) is 6.81. The highest BCUT2D eigenvalue weighted by Gasteiger charge is 2.57. The molecule has 0 amide bonds. The van der Waals surface area contributed by atoms with Crippen LogP contribution in [0, 0.1) is 46.3 Å². The van der Waals surface area contributed by atoms with Gasteiger partial charge in [-0.15, -0.1) is 0 Å². The van der Waals surface area contributed by atoms with Gasteiger partial charge in [0.2, 0.25) is 0 Å². The predicted octanol–water partition coefficient (Wildman–Crippen LogP) is 5.96. The summed E-state index contributed by atoms with van der Waals surface area (Å²) >= 11 is 0. The van der Waals surface area contributed by atoms with Crippen LogP contribution < -0.4 is 5.32 Å². The van der Waals surface area contributed by atoms with E-state index in [-0.39, 0.29) is 17.3 Å². The molecule has 1 saturated heterocycles. The lowest BCUT2D eigenvalue weighted by Crippen LogP contribution is -2.51. The molecule has 1 aliphatic heterocycles. The fraction of sp³-hybridized carbons (Fsp3) is 0.667. The Bertz CT molecular complexity index is 1020. The summed E-state index contributed by atoms with van der Waals surface area (Å²) < 4.78 is 0. The first-order chi connectivity index (χ1) is 16.4. The quantitative estimate of drug-likeness (QED) is 0.546. The van der Waals surface area contributed by atoms with E-state index in [9.17, 15) is 9.90 Å². The fourth-order valence-electron chi connectivity index (χ4n) is 9.28. The van der Waals surface area contributed by atoms with E-state index >= 15 is 0 Å². The lowest BCUT2D eigenvalue weighted by Gasteiger charge is -2.58. The Balaban J connectivity index is 1.23. The summed E-state index contributed by atoms with van der Waals surface area (Å²) in [5.74, 6) is 2.31. The van der Waals surface area contributed by atoms with Crippen molar-refractivity contribution in [1.29, 1.82) is 0 Å². The third-order valence-electron chi connectivity index (χ3n) is 11.1. The van der Waals surface area contributed by atoms with E-state index in [4.69, 9.17) is 0 Å². The zero-order valence-corrected chi connectivity index (χ0v) is 20.8. The molecular formula is C30H40N2O2. The summed E-state index contributed by atoms with van der Waals surface area (Å²) in [6.07, 6.45) is 18.4. The molecule has 4 nitrogen and oxygen atoms in total. The first kappa shape index (κ1) is 22.5. The number of piperidine rings is 1. The number of hydrogen-bond acceptors (Lipinski definition) is 3. The maximum absolute atomic E-state index is 12.0. The van der Waals surface area contributed by atoms with E-state index in [1.54, 1.807) is 5.57 Å². The van der Waals surface area contributed by atoms with Crippen molar-refractivity contribution in [2.24, 2.45) is 46.3 Å². The molecule has 0 radical (unpaired) electrons. The summed E-state index contributed by atoms with van der Waals surface area (Å²) in [5.41, 5.74) is 5.10. The Morgan fingerprint density at radius 3 is 2.71 bits per heavy atom. The molecule has 182 valence electrons. The molecule has 0 aromatic carbocycles. The van der Waals surface area contributed by atoms with Crippen molar-refractivity contribution in [1.82, 2.24) is 10.3 Å². The average molecular weight is 461 g/mol. The number of nitrogens with zero attached hydrogens (tertiary/aromatic N) is 1. The minimum Gasteiger partial charge on any atom is -0.481 e. The number of aliphatic carboxylic acids is 1. The Labute approximate surface area is 204 Å². The number of rotatable bonds is 3. The van der Waals surface area contributed by atoms with Gasteiger partial charge in [0.1, 0.15) is 0 Å². The van der Waals surface area contributed by atoms with Crippen molar-refractivity contribution in [2.45, 2.75) is 65.2 Å². The van der Waals surface area contributed by atoms with Crippen molar-refractivity contribution in [3.8, 4) is 0 Å². The number of carboxylic acid groups (broad SMARTS) is 1. The van der Waals surface area contributed by atoms with Crippen molar-refractivity contribution in [3.63, 3.8) is 0 Å². The summed E-state index contributed by atoms with van der Waals surface area (Å²) in [6, 6.07) is 4.31. The van der Waals surface area contributed by atoms with Gasteiger partial charge in [-0.05, 0) is 122 Å². The molecule has 6 rings (SSSR count). The third-order valence-corrected chi connectivity index (χ3v) is 11.1. The maximum Gasteiger partial charge on any atom is 0.306 e. The second-order valence-corrected chi connectivity index (χ2v) is 12.4. The summed E-state index contributed by atoms with van der Waals surface area (Å²) in [7, 11) is 0.